The molecule has 7 nitrogen and oxygen atoms in total. The summed E-state index contributed by atoms with van der Waals surface area (Å²) >= 11 is 3.24. The number of nitrogens with zero attached hydrogens (tertiary/aromatic N) is 3. The van der Waals surface area contributed by atoms with Gasteiger partial charge < -0.3 is 5.32 Å². The van der Waals surface area contributed by atoms with E-state index in [9.17, 15) is 13.2 Å². The van der Waals surface area contributed by atoms with E-state index >= 15 is 0 Å². The number of carbonyl (C=O) groups excluding carboxylic acids is 1. The molecule has 0 saturated carbocycles. The molecule has 2 aromatic heterocycles. The predicted molar refractivity (Wildman–Crippen MR) is 166 cm³/mol. The Balaban J connectivity index is 1.46. The van der Waals surface area contributed by atoms with E-state index < -0.39 is 10.0 Å². The van der Waals surface area contributed by atoms with Gasteiger partial charge in [0.05, 0.1) is 15.1 Å². The van der Waals surface area contributed by atoms with Gasteiger partial charge in [-0.25, -0.2) is 13.4 Å². The smallest absolute Gasteiger partial charge is 0.256 e. The van der Waals surface area contributed by atoms with Gasteiger partial charge in [-0.15, -0.1) is 35.8 Å². The van der Waals surface area contributed by atoms with Crippen molar-refractivity contribution in [3.05, 3.63) is 89.8 Å². The van der Waals surface area contributed by atoms with Crippen LogP contribution in [-0.4, -0.2) is 54.2 Å². The van der Waals surface area contributed by atoms with Gasteiger partial charge in [0.2, 0.25) is 10.0 Å². The number of carbonyl (C=O) groups is 1. The topological polar surface area (TPSA) is 82.6 Å². The van der Waals surface area contributed by atoms with Gasteiger partial charge >= 0.3 is 0 Å². The number of sulfonamides is 1. The summed E-state index contributed by atoms with van der Waals surface area (Å²) in [6.07, 6.45) is 3.96. The van der Waals surface area contributed by atoms with E-state index in [2.05, 4.69) is 43.3 Å². The molecular formula is C30H32N4O3S3. The molecule has 3 heterocycles. The number of benzene rings is 2. The summed E-state index contributed by atoms with van der Waals surface area (Å²) < 4.78 is 28.5. The van der Waals surface area contributed by atoms with E-state index in [1.165, 1.54) is 39.0 Å². The van der Waals surface area contributed by atoms with Crippen LogP contribution < -0.4 is 5.32 Å². The van der Waals surface area contributed by atoms with Crippen molar-refractivity contribution in [3.63, 3.8) is 0 Å². The Hall–Kier alpha value is -3.15. The monoisotopic (exact) mass is 592 g/mol. The van der Waals surface area contributed by atoms with Crippen LogP contribution >= 0.6 is 22.7 Å². The minimum Gasteiger partial charge on any atom is -0.313 e. The average molecular weight is 593 g/mol. The molecule has 1 aliphatic rings. The first-order chi connectivity index (χ1) is 19.2. The van der Waals surface area contributed by atoms with Gasteiger partial charge in [-0.2, -0.15) is 4.31 Å². The lowest BCUT2D eigenvalue weighted by atomic mass is 10.0. The molecule has 0 bridgehead atoms. The Kier molecular flexibility index (Phi) is 8.34. The van der Waals surface area contributed by atoms with Crippen LogP contribution in [0.25, 0.3) is 20.8 Å². The zero-order valence-corrected chi connectivity index (χ0v) is 25.0. The number of rotatable bonds is 10. The van der Waals surface area contributed by atoms with E-state index in [0.29, 0.717) is 11.6 Å². The number of hydrogen-bond acceptors (Lipinski definition) is 7. The quantitative estimate of drug-likeness (QED) is 0.215. The highest BCUT2D eigenvalue weighted by atomic mass is 32.2. The SMILES string of the molecule is C=CCN(CC=C)S(=O)(=O)c1ccc(C(=O)Nc2sc3c(c2-c2nc4ccccc4s2)CCN(C(C)C)C3)cc1. The summed E-state index contributed by atoms with van der Waals surface area (Å²) in [5.41, 5.74) is 3.57. The van der Waals surface area contributed by atoms with Crippen molar-refractivity contribution in [2.45, 2.75) is 37.8 Å². The third-order valence-corrected chi connectivity index (χ3v) is 11.0. The molecule has 2 aromatic carbocycles. The fraction of sp³-hybridized carbons (Fsp3) is 0.267. The van der Waals surface area contributed by atoms with Crippen molar-refractivity contribution in [2.24, 2.45) is 0 Å². The number of anilines is 1. The summed E-state index contributed by atoms with van der Waals surface area (Å²) in [6, 6.07) is 14.5. The third-order valence-electron chi connectivity index (χ3n) is 6.97. The molecule has 1 aliphatic heterocycles. The summed E-state index contributed by atoms with van der Waals surface area (Å²) in [5, 5.41) is 4.81. The van der Waals surface area contributed by atoms with Gasteiger partial charge in [-0.1, -0.05) is 24.3 Å². The zero-order chi connectivity index (χ0) is 28.4. The molecule has 0 aliphatic carbocycles. The van der Waals surface area contributed by atoms with Gasteiger partial charge in [0, 0.05) is 48.2 Å². The molecule has 10 heteroatoms. The fourth-order valence-electron chi connectivity index (χ4n) is 4.82. The van der Waals surface area contributed by atoms with Crippen molar-refractivity contribution < 1.29 is 13.2 Å². The lowest BCUT2D eigenvalue weighted by molar-refractivity contribution is 0.102. The van der Waals surface area contributed by atoms with Gasteiger partial charge in [0.15, 0.2) is 0 Å². The van der Waals surface area contributed by atoms with E-state index in [1.54, 1.807) is 34.8 Å². The summed E-state index contributed by atoms with van der Waals surface area (Å²) in [5.74, 6) is -0.292. The van der Waals surface area contributed by atoms with E-state index in [4.69, 9.17) is 4.98 Å². The highest BCUT2D eigenvalue weighted by Gasteiger charge is 2.29. The van der Waals surface area contributed by atoms with E-state index in [0.717, 1.165) is 45.3 Å². The highest BCUT2D eigenvalue weighted by molar-refractivity contribution is 7.89. The molecule has 0 radical (unpaired) electrons. The normalized spacial score (nSPS) is 14.0. The maximum atomic E-state index is 13.4. The van der Waals surface area contributed by atoms with Crippen molar-refractivity contribution in [1.29, 1.82) is 0 Å². The van der Waals surface area contributed by atoms with Crippen LogP contribution in [-0.2, 0) is 23.0 Å². The fourth-order valence-corrected chi connectivity index (χ4v) is 8.58. The summed E-state index contributed by atoms with van der Waals surface area (Å²) in [4.78, 5) is 22.2. The van der Waals surface area contributed by atoms with Gasteiger partial charge in [-0.3, -0.25) is 9.69 Å². The minimum absolute atomic E-state index is 0.114. The maximum absolute atomic E-state index is 13.4. The number of fused-ring (bicyclic) bond motifs is 2. The molecule has 1 N–H and O–H groups in total. The molecule has 0 atom stereocenters. The highest BCUT2D eigenvalue weighted by Crippen LogP contribution is 2.46. The standard InChI is InChI=1S/C30H32N4O3S3/c1-5-16-34(17-6-2)40(36,37)22-13-11-21(12-14-22)28(35)32-30-27(29-31-24-9-7-8-10-25(24)38-29)23-15-18-33(20(3)4)19-26(23)39-30/h5-14,20H,1-2,15-19H2,3-4H3,(H,32,35). The molecule has 0 fully saturated rings. The lowest BCUT2D eigenvalue weighted by Gasteiger charge is -2.30. The molecule has 0 unspecified atom stereocenters. The number of thiazole rings is 1. The first-order valence-corrected chi connectivity index (χ1v) is 16.2. The number of nitrogens with one attached hydrogen (secondary N) is 1. The Labute approximate surface area is 243 Å². The molecule has 0 spiro atoms. The van der Waals surface area contributed by atoms with Crippen molar-refractivity contribution in [1.82, 2.24) is 14.2 Å². The molecule has 40 heavy (non-hydrogen) atoms. The Morgan fingerprint density at radius 3 is 2.45 bits per heavy atom. The zero-order valence-electron chi connectivity index (χ0n) is 22.6. The third kappa shape index (κ3) is 5.55. The molecule has 0 saturated heterocycles. The molecule has 5 rings (SSSR count). The Morgan fingerprint density at radius 2 is 1.80 bits per heavy atom. The largest absolute Gasteiger partial charge is 0.313 e. The van der Waals surface area contributed by atoms with Crippen LogP contribution in [0.3, 0.4) is 0 Å². The van der Waals surface area contributed by atoms with Crippen molar-refractivity contribution >= 4 is 53.8 Å². The first kappa shape index (κ1) is 28.4. The molecule has 1 amide bonds. The number of aromatic nitrogens is 1. The van der Waals surface area contributed by atoms with Crippen LogP contribution in [0.15, 0.2) is 78.7 Å². The van der Waals surface area contributed by atoms with E-state index in [-0.39, 0.29) is 23.9 Å². The predicted octanol–water partition coefficient (Wildman–Crippen LogP) is 6.41. The van der Waals surface area contributed by atoms with E-state index in [1.807, 2.05) is 18.2 Å². The second-order valence-electron chi connectivity index (χ2n) is 9.89. The Bertz CT molecular complexity index is 1630. The van der Waals surface area contributed by atoms with Crippen LogP contribution in [0.2, 0.25) is 0 Å². The lowest BCUT2D eigenvalue weighted by Crippen LogP contribution is -2.35. The maximum Gasteiger partial charge on any atom is 0.256 e. The van der Waals surface area contributed by atoms with Crippen LogP contribution in [0.1, 0.15) is 34.6 Å². The molecule has 208 valence electrons. The summed E-state index contributed by atoms with van der Waals surface area (Å²) in [7, 11) is -3.75. The van der Waals surface area contributed by atoms with Crippen LogP contribution in [0.5, 0.6) is 0 Å². The second kappa shape index (κ2) is 11.8. The number of amides is 1. The van der Waals surface area contributed by atoms with Crippen molar-refractivity contribution in [2.75, 3.05) is 25.0 Å². The van der Waals surface area contributed by atoms with Crippen LogP contribution in [0, 0.1) is 0 Å². The molecule has 4 aromatic rings. The molecular weight excluding hydrogens is 561 g/mol. The number of hydrogen-bond donors (Lipinski definition) is 1. The first-order valence-electron chi connectivity index (χ1n) is 13.1. The van der Waals surface area contributed by atoms with Crippen molar-refractivity contribution in [3.8, 4) is 10.6 Å². The second-order valence-corrected chi connectivity index (χ2v) is 14.0. The summed E-state index contributed by atoms with van der Waals surface area (Å²) in [6.45, 7) is 13.8. The van der Waals surface area contributed by atoms with Gasteiger partial charge in [0.25, 0.3) is 5.91 Å². The average Bonchev–Trinajstić information content (AvgIpc) is 3.53. The van der Waals surface area contributed by atoms with Gasteiger partial charge in [0.1, 0.15) is 10.0 Å². The number of thiophene rings is 1. The number of para-hydroxylation sites is 1. The van der Waals surface area contributed by atoms with Crippen LogP contribution in [0.4, 0.5) is 5.00 Å². The Morgan fingerprint density at radius 1 is 1.10 bits per heavy atom. The van der Waals surface area contributed by atoms with Gasteiger partial charge in [-0.05, 0) is 62.2 Å². The minimum atomic E-state index is -3.75.